The molecule has 0 N–H and O–H groups in total. The van der Waals surface area contributed by atoms with Gasteiger partial charge in [0.15, 0.2) is 0 Å². The molecule has 0 aromatic rings. The van der Waals surface area contributed by atoms with E-state index in [1.165, 1.54) is 0 Å². The van der Waals surface area contributed by atoms with E-state index in [-0.39, 0.29) is 12.6 Å². The number of nitrogens with zero attached hydrogens (tertiary/aromatic N) is 1. The van der Waals surface area contributed by atoms with Gasteiger partial charge in [0.1, 0.15) is 0 Å². The van der Waals surface area contributed by atoms with Crippen LogP contribution in [0, 0.1) is 0 Å². The van der Waals surface area contributed by atoms with Crippen molar-refractivity contribution in [2.24, 2.45) is 0 Å². The van der Waals surface area contributed by atoms with Crippen molar-refractivity contribution in [1.29, 1.82) is 0 Å². The molecule has 0 aliphatic rings. The van der Waals surface area contributed by atoms with Crippen LogP contribution < -0.4 is 0 Å². The van der Waals surface area contributed by atoms with E-state index in [2.05, 4.69) is 0 Å². The van der Waals surface area contributed by atoms with E-state index >= 15 is 0 Å². The van der Waals surface area contributed by atoms with Crippen LogP contribution in [0.3, 0.4) is 0 Å². The zero-order chi connectivity index (χ0) is 8.36. The van der Waals surface area contributed by atoms with Gasteiger partial charge in [-0.05, 0) is 20.9 Å². The maximum Gasteiger partial charge on any atom is 0.257 e. The fourth-order valence-electron chi connectivity index (χ4n) is 0.621. The Morgan fingerprint density at radius 1 is 1.40 bits per heavy atom. The van der Waals surface area contributed by atoms with Gasteiger partial charge in [0.2, 0.25) is 0 Å². The second-order valence-electron chi connectivity index (χ2n) is 3.08. The van der Waals surface area contributed by atoms with E-state index in [1.54, 1.807) is 11.9 Å². The molecule has 62 valence electrons. The van der Waals surface area contributed by atoms with Gasteiger partial charge in [-0.2, -0.15) is 0 Å². The highest BCUT2D eigenvalue weighted by Gasteiger charge is 2.23. The molecule has 0 fully saturated rings. The number of halogens is 2. The first-order valence-electron chi connectivity index (χ1n) is 3.41. The van der Waals surface area contributed by atoms with E-state index in [9.17, 15) is 8.78 Å². The van der Waals surface area contributed by atoms with Crippen LogP contribution >= 0.6 is 0 Å². The van der Waals surface area contributed by atoms with E-state index in [1.807, 2.05) is 13.8 Å². The molecular weight excluding hydrogens is 136 g/mol. The molecule has 0 saturated heterocycles. The third-order valence-electron chi connectivity index (χ3n) is 1.41. The Balaban J connectivity index is 3.68. The fraction of sp³-hybridized carbons (Fsp3) is 1.00. The molecule has 0 heterocycles. The summed E-state index contributed by atoms with van der Waals surface area (Å²) in [6.45, 7) is 4.56. The quantitative estimate of drug-likeness (QED) is 0.596. The van der Waals surface area contributed by atoms with Crippen molar-refractivity contribution in [3.05, 3.63) is 0 Å². The molecule has 0 aromatic carbocycles. The maximum atomic E-state index is 12.3. The maximum absolute atomic E-state index is 12.3. The molecule has 0 aliphatic carbocycles. The van der Waals surface area contributed by atoms with E-state index in [4.69, 9.17) is 0 Å². The van der Waals surface area contributed by atoms with Crippen molar-refractivity contribution in [3.8, 4) is 0 Å². The summed E-state index contributed by atoms with van der Waals surface area (Å²) in [5.41, 5.74) is 0. The molecule has 0 saturated carbocycles. The van der Waals surface area contributed by atoms with Gasteiger partial charge in [0.25, 0.3) is 5.92 Å². The first kappa shape index (κ1) is 9.82. The predicted octanol–water partition coefficient (Wildman–Crippen LogP) is 1.98. The monoisotopic (exact) mass is 151 g/mol. The lowest BCUT2D eigenvalue weighted by atomic mass is 10.3. The average molecular weight is 151 g/mol. The molecule has 0 aromatic heterocycles. The van der Waals surface area contributed by atoms with Crippen LogP contribution in [-0.4, -0.2) is 30.5 Å². The number of alkyl halides is 2. The van der Waals surface area contributed by atoms with E-state index in [0.29, 0.717) is 0 Å². The van der Waals surface area contributed by atoms with Gasteiger partial charge < -0.3 is 0 Å². The molecule has 3 heteroatoms. The lowest BCUT2D eigenvalue weighted by Gasteiger charge is -2.24. The second-order valence-corrected chi connectivity index (χ2v) is 3.08. The van der Waals surface area contributed by atoms with Crippen LogP contribution in [-0.2, 0) is 0 Å². The van der Waals surface area contributed by atoms with Gasteiger partial charge in [-0.25, -0.2) is 8.78 Å². The molecule has 0 aliphatic heterocycles. The Morgan fingerprint density at radius 2 is 1.80 bits per heavy atom. The SMILES string of the molecule is CC(C)N(C)CC(C)(F)F. The average Bonchev–Trinajstić information content (AvgIpc) is 1.60. The largest absolute Gasteiger partial charge is 0.298 e. The first-order valence-corrected chi connectivity index (χ1v) is 3.41. The van der Waals surface area contributed by atoms with Crippen LogP contribution in [0.1, 0.15) is 20.8 Å². The van der Waals surface area contributed by atoms with Crippen LogP contribution in [0.5, 0.6) is 0 Å². The van der Waals surface area contributed by atoms with Gasteiger partial charge in [0.05, 0.1) is 6.54 Å². The van der Waals surface area contributed by atoms with Gasteiger partial charge >= 0.3 is 0 Å². The smallest absolute Gasteiger partial charge is 0.257 e. The Labute approximate surface area is 61.0 Å². The van der Waals surface area contributed by atoms with Crippen molar-refractivity contribution in [3.63, 3.8) is 0 Å². The Hall–Kier alpha value is -0.180. The number of rotatable bonds is 3. The summed E-state index contributed by atoms with van der Waals surface area (Å²) in [7, 11) is 1.70. The Morgan fingerprint density at radius 3 is 1.90 bits per heavy atom. The molecule has 0 rings (SSSR count). The van der Waals surface area contributed by atoms with Gasteiger partial charge in [-0.1, -0.05) is 0 Å². The molecular formula is C7H15F2N. The topological polar surface area (TPSA) is 3.24 Å². The Kier molecular flexibility index (Phi) is 3.22. The van der Waals surface area contributed by atoms with Gasteiger partial charge in [-0.15, -0.1) is 0 Å². The minimum Gasteiger partial charge on any atom is -0.298 e. The summed E-state index contributed by atoms with van der Waals surface area (Å²) in [6, 6.07) is 0.186. The molecule has 0 bridgehead atoms. The molecule has 0 atom stereocenters. The zero-order valence-electron chi connectivity index (χ0n) is 6.99. The standard InChI is InChI=1S/C7H15F2N/c1-6(2)10(4)5-7(3,8)9/h6H,5H2,1-4H3. The predicted molar refractivity (Wildman–Crippen MR) is 38.4 cm³/mol. The third-order valence-corrected chi connectivity index (χ3v) is 1.41. The minimum atomic E-state index is -2.57. The fourth-order valence-corrected chi connectivity index (χ4v) is 0.621. The lowest BCUT2D eigenvalue weighted by molar-refractivity contribution is -0.0147. The number of hydrogen-bond acceptors (Lipinski definition) is 1. The van der Waals surface area contributed by atoms with E-state index < -0.39 is 5.92 Å². The summed E-state index contributed by atoms with van der Waals surface area (Å²) >= 11 is 0. The molecule has 1 nitrogen and oxygen atoms in total. The number of hydrogen-bond donors (Lipinski definition) is 0. The molecule has 10 heavy (non-hydrogen) atoms. The van der Waals surface area contributed by atoms with Crippen molar-refractivity contribution >= 4 is 0 Å². The second kappa shape index (κ2) is 3.28. The highest BCUT2D eigenvalue weighted by atomic mass is 19.3. The van der Waals surface area contributed by atoms with Crippen molar-refractivity contribution in [1.82, 2.24) is 4.90 Å². The van der Waals surface area contributed by atoms with Crippen LogP contribution in [0.15, 0.2) is 0 Å². The van der Waals surface area contributed by atoms with Gasteiger partial charge in [0, 0.05) is 13.0 Å². The van der Waals surface area contributed by atoms with Crippen molar-refractivity contribution < 1.29 is 8.78 Å². The lowest BCUT2D eigenvalue weighted by Crippen LogP contribution is -2.36. The summed E-state index contributed by atoms with van der Waals surface area (Å²) < 4.78 is 24.6. The van der Waals surface area contributed by atoms with Crippen LogP contribution in [0.4, 0.5) is 8.78 Å². The van der Waals surface area contributed by atoms with Crippen molar-refractivity contribution in [2.75, 3.05) is 13.6 Å². The van der Waals surface area contributed by atoms with Crippen molar-refractivity contribution in [2.45, 2.75) is 32.7 Å². The molecule has 0 amide bonds. The summed E-state index contributed by atoms with van der Waals surface area (Å²) in [5.74, 6) is -2.57. The molecule has 0 spiro atoms. The Bertz CT molecular complexity index is 96.3. The van der Waals surface area contributed by atoms with Gasteiger partial charge in [-0.3, -0.25) is 4.90 Å². The zero-order valence-corrected chi connectivity index (χ0v) is 6.99. The summed E-state index contributed by atoms with van der Waals surface area (Å²) in [4.78, 5) is 1.62. The molecule has 0 unspecified atom stereocenters. The van der Waals surface area contributed by atoms with Crippen LogP contribution in [0.25, 0.3) is 0 Å². The summed E-state index contributed by atoms with van der Waals surface area (Å²) in [6.07, 6.45) is 0. The summed E-state index contributed by atoms with van der Waals surface area (Å²) in [5, 5.41) is 0. The highest BCUT2D eigenvalue weighted by molar-refractivity contribution is 4.66. The normalized spacial score (nSPS) is 13.2. The van der Waals surface area contributed by atoms with Crippen LogP contribution in [0.2, 0.25) is 0 Å². The molecule has 0 radical (unpaired) electrons. The first-order chi connectivity index (χ1) is 4.33. The third kappa shape index (κ3) is 4.68. The highest BCUT2D eigenvalue weighted by Crippen LogP contribution is 2.13. The van der Waals surface area contributed by atoms with E-state index in [0.717, 1.165) is 6.92 Å². The minimum absolute atomic E-state index is 0.162.